The Kier molecular flexibility index (Phi) is 5.62. The number of nitrogens with one attached hydrogen (secondary N) is 2. The van der Waals surface area contributed by atoms with Gasteiger partial charge in [0.2, 0.25) is 0 Å². The normalized spacial score (nSPS) is 10.5. The molecule has 0 unspecified atom stereocenters. The van der Waals surface area contributed by atoms with Gasteiger partial charge in [0.05, 0.1) is 0 Å². The molecule has 29 heavy (non-hydrogen) atoms. The van der Waals surface area contributed by atoms with E-state index < -0.39 is 0 Å². The molecule has 0 bridgehead atoms. The second-order valence-electron chi connectivity index (χ2n) is 6.60. The molecule has 0 aliphatic carbocycles. The van der Waals surface area contributed by atoms with Crippen molar-refractivity contribution in [1.29, 1.82) is 0 Å². The molecule has 6 heteroatoms. The van der Waals surface area contributed by atoms with Crippen LogP contribution >= 0.6 is 0 Å². The van der Waals surface area contributed by atoms with Crippen LogP contribution in [0.1, 0.15) is 21.5 Å². The molecule has 0 aliphatic rings. The highest BCUT2D eigenvalue weighted by molar-refractivity contribution is 5.95. The first-order valence-corrected chi connectivity index (χ1v) is 9.37. The van der Waals surface area contributed by atoms with E-state index in [2.05, 4.69) is 20.6 Å². The van der Waals surface area contributed by atoms with Crippen LogP contribution in [0.5, 0.6) is 0 Å². The molecule has 4 rings (SSSR count). The third-order valence-electron chi connectivity index (χ3n) is 4.50. The van der Waals surface area contributed by atoms with Crippen LogP contribution < -0.4 is 10.6 Å². The van der Waals surface area contributed by atoms with Crippen molar-refractivity contribution >= 4 is 11.6 Å². The standard InChI is InChI=1S/C23H21N5O/c29-23(27-14-18-5-2-1-3-6-18)20-7-4-8-21(13-20)25-15-19-9-10-22(26-16-19)28-12-11-24-17-28/h1-13,16-17,25H,14-15H2,(H,27,29). The van der Waals surface area contributed by atoms with E-state index in [-0.39, 0.29) is 5.91 Å². The summed E-state index contributed by atoms with van der Waals surface area (Å²) in [7, 11) is 0. The molecule has 2 heterocycles. The van der Waals surface area contributed by atoms with Gasteiger partial charge < -0.3 is 10.6 Å². The molecule has 4 aromatic rings. The van der Waals surface area contributed by atoms with Crippen molar-refractivity contribution in [3.63, 3.8) is 0 Å². The number of hydrogen-bond acceptors (Lipinski definition) is 4. The Bertz CT molecular complexity index is 1060. The fourth-order valence-corrected chi connectivity index (χ4v) is 2.92. The van der Waals surface area contributed by atoms with Gasteiger partial charge in [0, 0.05) is 42.9 Å². The highest BCUT2D eigenvalue weighted by atomic mass is 16.1. The maximum Gasteiger partial charge on any atom is 0.251 e. The van der Waals surface area contributed by atoms with Crippen LogP contribution in [0.3, 0.4) is 0 Å². The van der Waals surface area contributed by atoms with Crippen LogP contribution in [0.25, 0.3) is 5.82 Å². The van der Waals surface area contributed by atoms with Crippen molar-refractivity contribution in [2.24, 2.45) is 0 Å². The summed E-state index contributed by atoms with van der Waals surface area (Å²) in [6.45, 7) is 1.12. The van der Waals surface area contributed by atoms with E-state index in [9.17, 15) is 4.79 Å². The van der Waals surface area contributed by atoms with Gasteiger partial charge in [-0.25, -0.2) is 9.97 Å². The van der Waals surface area contributed by atoms with Gasteiger partial charge in [-0.15, -0.1) is 0 Å². The molecule has 0 saturated heterocycles. The monoisotopic (exact) mass is 383 g/mol. The lowest BCUT2D eigenvalue weighted by atomic mass is 10.1. The topological polar surface area (TPSA) is 71.8 Å². The number of imidazole rings is 1. The van der Waals surface area contributed by atoms with Crippen molar-refractivity contribution in [2.45, 2.75) is 13.1 Å². The third-order valence-corrected chi connectivity index (χ3v) is 4.50. The van der Waals surface area contributed by atoms with Gasteiger partial charge in [-0.3, -0.25) is 9.36 Å². The highest BCUT2D eigenvalue weighted by Gasteiger charge is 2.06. The lowest BCUT2D eigenvalue weighted by Crippen LogP contribution is -2.22. The zero-order valence-corrected chi connectivity index (χ0v) is 15.8. The minimum atomic E-state index is -0.0937. The molecule has 1 amide bonds. The number of anilines is 1. The second kappa shape index (κ2) is 8.84. The van der Waals surface area contributed by atoms with Crippen LogP contribution in [0.4, 0.5) is 5.69 Å². The molecule has 0 radical (unpaired) electrons. The predicted octanol–water partition coefficient (Wildman–Crippen LogP) is 3.81. The van der Waals surface area contributed by atoms with Crippen LogP contribution in [0, 0.1) is 0 Å². The summed E-state index contributed by atoms with van der Waals surface area (Å²) in [4.78, 5) is 20.9. The van der Waals surface area contributed by atoms with Gasteiger partial charge in [-0.2, -0.15) is 0 Å². The average Bonchev–Trinajstić information content (AvgIpc) is 3.32. The van der Waals surface area contributed by atoms with Crippen LogP contribution in [0.2, 0.25) is 0 Å². The number of benzene rings is 2. The zero-order valence-electron chi connectivity index (χ0n) is 15.8. The van der Waals surface area contributed by atoms with Crippen molar-refractivity contribution < 1.29 is 4.79 Å². The van der Waals surface area contributed by atoms with E-state index in [4.69, 9.17) is 0 Å². The van der Waals surface area contributed by atoms with Crippen molar-refractivity contribution in [2.75, 3.05) is 5.32 Å². The highest BCUT2D eigenvalue weighted by Crippen LogP contribution is 2.13. The molecular weight excluding hydrogens is 362 g/mol. The van der Waals surface area contributed by atoms with E-state index >= 15 is 0 Å². The van der Waals surface area contributed by atoms with E-state index in [1.54, 1.807) is 12.5 Å². The fourth-order valence-electron chi connectivity index (χ4n) is 2.92. The minimum Gasteiger partial charge on any atom is -0.381 e. The van der Waals surface area contributed by atoms with E-state index in [1.165, 1.54) is 0 Å². The third kappa shape index (κ3) is 4.87. The van der Waals surface area contributed by atoms with Crippen molar-refractivity contribution in [1.82, 2.24) is 19.9 Å². The summed E-state index contributed by atoms with van der Waals surface area (Å²) in [5.74, 6) is 0.729. The van der Waals surface area contributed by atoms with Gasteiger partial charge in [-0.05, 0) is 35.4 Å². The van der Waals surface area contributed by atoms with Crippen LogP contribution in [-0.4, -0.2) is 20.4 Å². The SMILES string of the molecule is O=C(NCc1ccccc1)c1cccc(NCc2ccc(-n3ccnc3)nc2)c1. The lowest BCUT2D eigenvalue weighted by molar-refractivity contribution is 0.0951. The molecular formula is C23H21N5O. The van der Waals surface area contributed by atoms with Gasteiger partial charge >= 0.3 is 0 Å². The van der Waals surface area contributed by atoms with E-state index in [0.29, 0.717) is 18.7 Å². The van der Waals surface area contributed by atoms with Crippen LogP contribution in [-0.2, 0) is 13.1 Å². The molecule has 0 fully saturated rings. The Morgan fingerprint density at radius 2 is 1.83 bits per heavy atom. The number of aromatic nitrogens is 3. The summed E-state index contributed by atoms with van der Waals surface area (Å²) in [6, 6.07) is 21.3. The van der Waals surface area contributed by atoms with Gasteiger partial charge in [-0.1, -0.05) is 42.5 Å². The minimum absolute atomic E-state index is 0.0937. The van der Waals surface area contributed by atoms with Gasteiger partial charge in [0.1, 0.15) is 12.1 Å². The first kappa shape index (κ1) is 18.4. The molecule has 2 N–H and O–H groups in total. The molecule has 2 aromatic heterocycles. The van der Waals surface area contributed by atoms with E-state index in [1.807, 2.05) is 83.7 Å². The number of nitrogens with zero attached hydrogens (tertiary/aromatic N) is 3. The second-order valence-corrected chi connectivity index (χ2v) is 6.60. The Hall–Kier alpha value is -3.93. The fraction of sp³-hybridized carbons (Fsp3) is 0.0870. The van der Waals surface area contributed by atoms with Crippen LogP contribution in [0.15, 0.2) is 91.6 Å². The van der Waals surface area contributed by atoms with Gasteiger partial charge in [0.25, 0.3) is 5.91 Å². The first-order chi connectivity index (χ1) is 14.3. The van der Waals surface area contributed by atoms with Crippen molar-refractivity contribution in [3.8, 4) is 5.82 Å². The summed E-state index contributed by atoms with van der Waals surface area (Å²) in [5, 5.41) is 6.30. The largest absolute Gasteiger partial charge is 0.381 e. The molecule has 0 spiro atoms. The number of hydrogen-bond donors (Lipinski definition) is 2. The van der Waals surface area contributed by atoms with Gasteiger partial charge in [0.15, 0.2) is 0 Å². The Balaban J connectivity index is 1.34. The Morgan fingerprint density at radius 1 is 0.931 bits per heavy atom. The molecule has 6 nitrogen and oxygen atoms in total. The summed E-state index contributed by atoms with van der Waals surface area (Å²) < 4.78 is 1.86. The number of rotatable bonds is 7. The maximum atomic E-state index is 12.4. The Morgan fingerprint density at radius 3 is 2.59 bits per heavy atom. The number of carbonyl (C=O) groups is 1. The maximum absolute atomic E-state index is 12.4. The average molecular weight is 383 g/mol. The zero-order chi connectivity index (χ0) is 19.9. The molecule has 0 aliphatic heterocycles. The summed E-state index contributed by atoms with van der Waals surface area (Å²) >= 11 is 0. The molecule has 2 aromatic carbocycles. The summed E-state index contributed by atoms with van der Waals surface area (Å²) in [6.07, 6.45) is 7.13. The predicted molar refractivity (Wildman–Crippen MR) is 113 cm³/mol. The summed E-state index contributed by atoms with van der Waals surface area (Å²) in [5.41, 5.74) is 3.63. The number of amides is 1. The smallest absolute Gasteiger partial charge is 0.251 e. The number of pyridine rings is 1. The first-order valence-electron chi connectivity index (χ1n) is 9.37. The quantitative estimate of drug-likeness (QED) is 0.509. The van der Waals surface area contributed by atoms with E-state index in [0.717, 1.165) is 22.6 Å². The molecule has 0 saturated carbocycles. The number of carbonyl (C=O) groups excluding carboxylic acids is 1. The molecule has 0 atom stereocenters. The lowest BCUT2D eigenvalue weighted by Gasteiger charge is -2.10. The Labute approximate surface area is 169 Å². The molecule has 144 valence electrons. The van der Waals surface area contributed by atoms with Crippen molar-refractivity contribution in [3.05, 3.63) is 108 Å².